The lowest BCUT2D eigenvalue weighted by Crippen LogP contribution is -2.27. The molecule has 5 rings (SSSR count). The van der Waals surface area contributed by atoms with Gasteiger partial charge in [0.05, 0.1) is 23.7 Å². The molecule has 0 saturated carbocycles. The van der Waals surface area contributed by atoms with Crippen molar-refractivity contribution < 1.29 is 19.1 Å². The van der Waals surface area contributed by atoms with Gasteiger partial charge in [0, 0.05) is 42.1 Å². The van der Waals surface area contributed by atoms with Crippen LogP contribution < -0.4 is 20.7 Å². The van der Waals surface area contributed by atoms with Crippen LogP contribution in [0.5, 0.6) is 5.75 Å². The number of pyridine rings is 1. The molecule has 0 bridgehead atoms. The number of anilines is 2. The SMILES string of the molecule is COCCNC(=O)c1cc(COc2ccc(NC(=O)Nc3cc(C(C)(C)C)nn3-c3ccc(C)cc3)c3ccccc23)ccn1. The van der Waals surface area contributed by atoms with E-state index in [1.54, 1.807) is 30.1 Å². The van der Waals surface area contributed by atoms with E-state index in [4.69, 9.17) is 14.6 Å². The number of carbonyl (C=O) groups excluding carboxylic acids is 2. The van der Waals surface area contributed by atoms with Crippen LogP contribution in [0.25, 0.3) is 16.5 Å². The monoisotopic (exact) mass is 606 g/mol. The molecular weight excluding hydrogens is 568 g/mol. The number of amides is 3. The van der Waals surface area contributed by atoms with E-state index in [9.17, 15) is 9.59 Å². The number of nitrogens with one attached hydrogen (secondary N) is 3. The summed E-state index contributed by atoms with van der Waals surface area (Å²) in [5.74, 6) is 0.936. The van der Waals surface area contributed by atoms with E-state index in [-0.39, 0.29) is 17.9 Å². The minimum Gasteiger partial charge on any atom is -0.488 e. The van der Waals surface area contributed by atoms with E-state index in [1.807, 2.05) is 73.7 Å². The van der Waals surface area contributed by atoms with Crippen molar-refractivity contribution in [2.45, 2.75) is 39.7 Å². The lowest BCUT2D eigenvalue weighted by atomic mass is 9.92. The Labute approximate surface area is 262 Å². The topological polar surface area (TPSA) is 119 Å². The maximum Gasteiger partial charge on any atom is 0.324 e. The molecule has 5 aromatic rings. The van der Waals surface area contributed by atoms with Gasteiger partial charge < -0.3 is 20.1 Å². The predicted octanol–water partition coefficient (Wildman–Crippen LogP) is 6.63. The smallest absolute Gasteiger partial charge is 0.324 e. The molecule has 10 nitrogen and oxygen atoms in total. The van der Waals surface area contributed by atoms with Gasteiger partial charge in [0.25, 0.3) is 5.91 Å². The number of hydrogen-bond donors (Lipinski definition) is 3. The Morgan fingerprint density at radius 1 is 0.911 bits per heavy atom. The molecule has 0 fully saturated rings. The van der Waals surface area contributed by atoms with Crippen molar-refractivity contribution in [3.8, 4) is 11.4 Å². The fourth-order valence-corrected chi connectivity index (χ4v) is 4.70. The largest absolute Gasteiger partial charge is 0.488 e. The van der Waals surface area contributed by atoms with E-state index >= 15 is 0 Å². The van der Waals surface area contributed by atoms with Gasteiger partial charge in [0.15, 0.2) is 0 Å². The number of benzene rings is 3. The Balaban J connectivity index is 1.32. The number of rotatable bonds is 10. The first-order chi connectivity index (χ1) is 21.6. The lowest BCUT2D eigenvalue weighted by Gasteiger charge is -2.15. The summed E-state index contributed by atoms with van der Waals surface area (Å²) in [5.41, 5.74) is 4.38. The minimum atomic E-state index is -0.393. The third-order valence-corrected chi connectivity index (χ3v) is 7.17. The quantitative estimate of drug-likeness (QED) is 0.154. The zero-order valence-corrected chi connectivity index (χ0v) is 26.2. The number of aromatic nitrogens is 3. The second kappa shape index (κ2) is 13.6. The zero-order valence-electron chi connectivity index (χ0n) is 26.2. The van der Waals surface area contributed by atoms with Gasteiger partial charge in [-0.1, -0.05) is 62.7 Å². The fraction of sp³-hybridized carbons (Fsp3) is 0.257. The van der Waals surface area contributed by atoms with Crippen molar-refractivity contribution in [1.29, 1.82) is 0 Å². The van der Waals surface area contributed by atoms with E-state index in [0.717, 1.165) is 33.3 Å². The minimum absolute atomic E-state index is 0.205. The Bertz CT molecular complexity index is 1810. The second-order valence-electron chi connectivity index (χ2n) is 11.7. The molecule has 0 radical (unpaired) electrons. The Morgan fingerprint density at radius 2 is 1.67 bits per heavy atom. The number of fused-ring (bicyclic) bond motifs is 1. The molecule has 3 amide bonds. The van der Waals surface area contributed by atoms with E-state index in [2.05, 4.69) is 41.7 Å². The molecule has 3 N–H and O–H groups in total. The molecule has 2 aromatic heterocycles. The van der Waals surface area contributed by atoms with Crippen molar-refractivity contribution in [1.82, 2.24) is 20.1 Å². The van der Waals surface area contributed by atoms with Gasteiger partial charge in [-0.2, -0.15) is 5.10 Å². The van der Waals surface area contributed by atoms with Crippen molar-refractivity contribution >= 4 is 34.2 Å². The highest BCUT2D eigenvalue weighted by Gasteiger charge is 2.22. The molecule has 232 valence electrons. The van der Waals surface area contributed by atoms with Gasteiger partial charge in [0.1, 0.15) is 23.9 Å². The van der Waals surface area contributed by atoms with Crippen LogP contribution in [0.15, 0.2) is 85.1 Å². The average Bonchev–Trinajstić information content (AvgIpc) is 3.45. The number of nitrogens with zero attached hydrogens (tertiary/aromatic N) is 3. The lowest BCUT2D eigenvalue weighted by molar-refractivity contribution is 0.0932. The van der Waals surface area contributed by atoms with Crippen molar-refractivity contribution in [2.75, 3.05) is 30.9 Å². The number of ether oxygens (including phenoxy) is 2. The van der Waals surface area contributed by atoms with E-state index in [1.165, 1.54) is 0 Å². The Kier molecular flexibility index (Phi) is 9.44. The third-order valence-electron chi connectivity index (χ3n) is 7.17. The first kappa shape index (κ1) is 31.2. The summed E-state index contributed by atoms with van der Waals surface area (Å²) in [4.78, 5) is 29.9. The number of hydrogen-bond acceptors (Lipinski definition) is 6. The zero-order chi connectivity index (χ0) is 32.0. The van der Waals surface area contributed by atoms with Gasteiger partial charge in [-0.25, -0.2) is 9.48 Å². The highest BCUT2D eigenvalue weighted by atomic mass is 16.5. The van der Waals surface area contributed by atoms with Gasteiger partial charge >= 0.3 is 6.03 Å². The predicted molar refractivity (Wildman–Crippen MR) is 176 cm³/mol. The number of carbonyl (C=O) groups is 2. The summed E-state index contributed by atoms with van der Waals surface area (Å²) in [6.45, 7) is 9.34. The van der Waals surface area contributed by atoms with Crippen LogP contribution >= 0.6 is 0 Å². The molecule has 0 aliphatic rings. The summed E-state index contributed by atoms with van der Waals surface area (Å²) in [6.07, 6.45) is 1.59. The van der Waals surface area contributed by atoms with Crippen LogP contribution in [-0.2, 0) is 16.8 Å². The number of urea groups is 1. The van der Waals surface area contributed by atoms with Crippen LogP contribution in [0, 0.1) is 6.92 Å². The molecule has 0 aliphatic heterocycles. The van der Waals surface area contributed by atoms with Crippen LogP contribution in [0.3, 0.4) is 0 Å². The summed E-state index contributed by atoms with van der Waals surface area (Å²) in [5, 5.41) is 15.2. The summed E-state index contributed by atoms with van der Waals surface area (Å²) < 4.78 is 12.9. The molecule has 0 atom stereocenters. The summed E-state index contributed by atoms with van der Waals surface area (Å²) >= 11 is 0. The van der Waals surface area contributed by atoms with Gasteiger partial charge in [0.2, 0.25) is 0 Å². The van der Waals surface area contributed by atoms with Crippen molar-refractivity contribution in [3.05, 3.63) is 108 Å². The molecule has 2 heterocycles. The standard InChI is InChI=1S/C35H38N6O4/c1-23-10-12-25(13-11-23)41-32(21-31(40-41)35(2,3)4)39-34(43)38-28-14-15-30(27-9-7-6-8-26(27)28)45-22-24-16-17-36-29(20-24)33(42)37-18-19-44-5/h6-17,20-21H,18-19,22H2,1-5H3,(H,37,42)(H2,38,39,43). The molecule has 0 saturated heterocycles. The van der Waals surface area contributed by atoms with Gasteiger partial charge in [-0.15, -0.1) is 0 Å². The first-order valence-corrected chi connectivity index (χ1v) is 14.7. The Hall–Kier alpha value is -5.22. The van der Waals surface area contributed by atoms with Crippen LogP contribution in [0.4, 0.5) is 16.3 Å². The maximum atomic E-state index is 13.3. The van der Waals surface area contributed by atoms with Crippen LogP contribution in [-0.4, -0.2) is 47.0 Å². The van der Waals surface area contributed by atoms with Gasteiger partial charge in [-0.05, 0) is 48.9 Å². The number of aryl methyl sites for hydroxylation is 1. The molecule has 0 unspecified atom stereocenters. The molecular formula is C35H38N6O4. The van der Waals surface area contributed by atoms with Gasteiger partial charge in [-0.3, -0.25) is 15.1 Å². The normalized spacial score (nSPS) is 11.3. The molecule has 3 aromatic carbocycles. The average molecular weight is 607 g/mol. The fourth-order valence-electron chi connectivity index (χ4n) is 4.70. The summed E-state index contributed by atoms with van der Waals surface area (Å²) in [7, 11) is 1.58. The van der Waals surface area contributed by atoms with Crippen LogP contribution in [0.2, 0.25) is 0 Å². The molecule has 10 heteroatoms. The molecule has 0 aliphatic carbocycles. The molecule has 45 heavy (non-hydrogen) atoms. The Morgan fingerprint density at radius 3 is 2.40 bits per heavy atom. The summed E-state index contributed by atoms with van der Waals surface area (Å²) in [6, 6.07) is 24.4. The van der Waals surface area contributed by atoms with Crippen molar-refractivity contribution in [3.63, 3.8) is 0 Å². The maximum absolute atomic E-state index is 13.3. The third kappa shape index (κ3) is 7.66. The van der Waals surface area contributed by atoms with Crippen LogP contribution in [0.1, 0.15) is 48.1 Å². The van der Waals surface area contributed by atoms with E-state index in [0.29, 0.717) is 36.1 Å². The first-order valence-electron chi connectivity index (χ1n) is 14.7. The van der Waals surface area contributed by atoms with E-state index < -0.39 is 6.03 Å². The number of methoxy groups -OCH3 is 1. The highest BCUT2D eigenvalue weighted by Crippen LogP contribution is 2.33. The highest BCUT2D eigenvalue weighted by molar-refractivity contribution is 6.07. The molecule has 0 spiro atoms. The van der Waals surface area contributed by atoms with Crippen molar-refractivity contribution in [2.24, 2.45) is 0 Å². The second-order valence-corrected chi connectivity index (χ2v) is 11.7.